The SMILES string of the molecule is O=C(c1cccs1)N1C(=O)[C@@H]2CCCN2C(=O)c2ccccc21. The number of hydrogen-bond donors (Lipinski definition) is 0. The summed E-state index contributed by atoms with van der Waals surface area (Å²) < 4.78 is 0. The molecule has 0 spiro atoms. The molecule has 3 amide bonds. The van der Waals surface area contributed by atoms with Crippen LogP contribution in [0.1, 0.15) is 32.9 Å². The standard InChI is InChI=1S/C17H14N2O3S/c20-15-11-5-1-2-6-12(11)19(17(22)14-8-4-10-23-14)16(21)13-7-3-9-18(13)15/h1-2,4-6,8,10,13H,3,7,9H2/t13-/m0/s1. The number of para-hydroxylation sites is 1. The lowest BCUT2D eigenvalue weighted by Gasteiger charge is -2.24. The van der Waals surface area contributed by atoms with Gasteiger partial charge in [-0.3, -0.25) is 14.4 Å². The van der Waals surface area contributed by atoms with Crippen LogP contribution in [0.2, 0.25) is 0 Å². The third-order valence-corrected chi connectivity index (χ3v) is 5.19. The van der Waals surface area contributed by atoms with Gasteiger partial charge in [0.05, 0.1) is 16.1 Å². The van der Waals surface area contributed by atoms with E-state index in [1.807, 2.05) is 0 Å². The molecule has 6 heteroatoms. The van der Waals surface area contributed by atoms with Crippen LogP contribution in [-0.2, 0) is 4.79 Å². The van der Waals surface area contributed by atoms with Crippen molar-refractivity contribution < 1.29 is 14.4 Å². The Balaban J connectivity index is 1.89. The molecule has 1 atom stereocenters. The quantitative estimate of drug-likeness (QED) is 0.757. The van der Waals surface area contributed by atoms with Crippen LogP contribution in [0, 0.1) is 0 Å². The fraction of sp³-hybridized carbons (Fsp3) is 0.235. The van der Waals surface area contributed by atoms with Crippen molar-refractivity contribution in [1.82, 2.24) is 4.90 Å². The largest absolute Gasteiger partial charge is 0.327 e. The number of rotatable bonds is 1. The number of carbonyl (C=O) groups excluding carboxylic acids is 3. The van der Waals surface area contributed by atoms with E-state index in [1.165, 1.54) is 16.2 Å². The molecule has 1 aromatic heterocycles. The van der Waals surface area contributed by atoms with Crippen LogP contribution in [-0.4, -0.2) is 35.2 Å². The van der Waals surface area contributed by atoms with Crippen LogP contribution in [0.4, 0.5) is 5.69 Å². The van der Waals surface area contributed by atoms with Crippen molar-refractivity contribution in [2.45, 2.75) is 18.9 Å². The van der Waals surface area contributed by atoms with Crippen LogP contribution in [0.15, 0.2) is 41.8 Å². The zero-order valence-corrected chi connectivity index (χ0v) is 13.1. The van der Waals surface area contributed by atoms with Crippen molar-refractivity contribution in [3.8, 4) is 0 Å². The Kier molecular flexibility index (Phi) is 3.27. The van der Waals surface area contributed by atoms with E-state index in [0.29, 0.717) is 29.1 Å². The van der Waals surface area contributed by atoms with Gasteiger partial charge in [-0.25, -0.2) is 4.90 Å². The van der Waals surface area contributed by atoms with E-state index in [-0.39, 0.29) is 17.7 Å². The molecule has 4 rings (SSSR count). The molecule has 0 bridgehead atoms. The molecule has 0 unspecified atom stereocenters. The number of amides is 3. The first-order valence-corrected chi connectivity index (χ1v) is 8.38. The van der Waals surface area contributed by atoms with Gasteiger partial charge in [0.15, 0.2) is 0 Å². The third-order valence-electron chi connectivity index (χ3n) is 4.33. The Bertz CT molecular complexity index is 800. The number of anilines is 1. The summed E-state index contributed by atoms with van der Waals surface area (Å²) in [5.74, 6) is -0.837. The number of nitrogens with zero attached hydrogens (tertiary/aromatic N) is 2. The summed E-state index contributed by atoms with van der Waals surface area (Å²) in [4.78, 5) is 41.9. The number of benzene rings is 1. The van der Waals surface area contributed by atoms with Crippen molar-refractivity contribution in [1.29, 1.82) is 0 Å². The molecule has 23 heavy (non-hydrogen) atoms. The van der Waals surface area contributed by atoms with Gasteiger partial charge in [-0.1, -0.05) is 18.2 Å². The Hall–Kier alpha value is -2.47. The molecule has 0 N–H and O–H groups in total. The molecule has 116 valence electrons. The van der Waals surface area contributed by atoms with E-state index in [9.17, 15) is 14.4 Å². The predicted molar refractivity (Wildman–Crippen MR) is 86.6 cm³/mol. The van der Waals surface area contributed by atoms with Crippen LogP contribution < -0.4 is 4.90 Å². The second-order valence-corrected chi connectivity index (χ2v) is 6.58. The summed E-state index contributed by atoms with van der Waals surface area (Å²) in [6.45, 7) is 0.560. The molecule has 0 radical (unpaired) electrons. The molecule has 2 aliphatic rings. The van der Waals surface area contributed by atoms with Crippen LogP contribution >= 0.6 is 11.3 Å². The monoisotopic (exact) mass is 326 g/mol. The normalized spacial score (nSPS) is 20.3. The van der Waals surface area contributed by atoms with E-state index < -0.39 is 6.04 Å². The predicted octanol–water partition coefficient (Wildman–Crippen LogP) is 2.54. The zero-order valence-electron chi connectivity index (χ0n) is 12.3. The Morgan fingerprint density at radius 3 is 2.74 bits per heavy atom. The van der Waals surface area contributed by atoms with Gasteiger partial charge < -0.3 is 4.90 Å². The van der Waals surface area contributed by atoms with Crippen molar-refractivity contribution in [3.63, 3.8) is 0 Å². The average Bonchev–Trinajstić information content (AvgIpc) is 3.24. The van der Waals surface area contributed by atoms with Gasteiger partial charge in [-0.2, -0.15) is 0 Å². The molecule has 1 aromatic carbocycles. The fourth-order valence-corrected chi connectivity index (χ4v) is 3.91. The lowest BCUT2D eigenvalue weighted by molar-refractivity contribution is -0.121. The molecule has 0 saturated carbocycles. The first-order valence-electron chi connectivity index (χ1n) is 7.50. The molecular formula is C17H14N2O3S. The van der Waals surface area contributed by atoms with E-state index >= 15 is 0 Å². The maximum Gasteiger partial charge on any atom is 0.275 e. The van der Waals surface area contributed by atoms with Gasteiger partial charge in [0.2, 0.25) is 0 Å². The third kappa shape index (κ3) is 2.09. The fourth-order valence-electron chi connectivity index (χ4n) is 3.26. The Morgan fingerprint density at radius 2 is 1.96 bits per heavy atom. The summed E-state index contributed by atoms with van der Waals surface area (Å²) in [5, 5.41) is 1.80. The number of hydrogen-bond acceptors (Lipinski definition) is 4. The first-order chi connectivity index (χ1) is 11.2. The summed E-state index contributed by atoms with van der Waals surface area (Å²) in [7, 11) is 0. The van der Waals surface area contributed by atoms with E-state index in [2.05, 4.69) is 0 Å². The van der Waals surface area contributed by atoms with Gasteiger partial charge in [0.1, 0.15) is 6.04 Å². The Labute approximate surface area is 137 Å². The van der Waals surface area contributed by atoms with E-state index in [1.54, 1.807) is 46.7 Å². The zero-order chi connectivity index (χ0) is 16.0. The van der Waals surface area contributed by atoms with Crippen LogP contribution in [0.5, 0.6) is 0 Å². The molecule has 2 aromatic rings. The molecule has 5 nitrogen and oxygen atoms in total. The highest BCUT2D eigenvalue weighted by Gasteiger charge is 2.44. The van der Waals surface area contributed by atoms with Crippen molar-refractivity contribution >= 4 is 34.7 Å². The summed E-state index contributed by atoms with van der Waals surface area (Å²) in [6.07, 6.45) is 1.39. The maximum atomic E-state index is 13.0. The highest BCUT2D eigenvalue weighted by Crippen LogP contribution is 2.33. The summed E-state index contributed by atoms with van der Waals surface area (Å²) >= 11 is 1.29. The number of carbonyl (C=O) groups is 3. The van der Waals surface area contributed by atoms with Gasteiger partial charge in [0.25, 0.3) is 17.7 Å². The van der Waals surface area contributed by atoms with Gasteiger partial charge in [0, 0.05) is 6.54 Å². The van der Waals surface area contributed by atoms with Gasteiger partial charge in [-0.05, 0) is 36.4 Å². The highest BCUT2D eigenvalue weighted by atomic mass is 32.1. The summed E-state index contributed by atoms with van der Waals surface area (Å²) in [5.41, 5.74) is 0.797. The van der Waals surface area contributed by atoms with E-state index in [4.69, 9.17) is 0 Å². The van der Waals surface area contributed by atoms with Crippen molar-refractivity contribution in [2.75, 3.05) is 11.4 Å². The summed E-state index contributed by atoms with van der Waals surface area (Å²) in [6, 6.07) is 9.77. The molecular weight excluding hydrogens is 312 g/mol. The smallest absolute Gasteiger partial charge is 0.275 e. The van der Waals surface area contributed by atoms with Gasteiger partial charge >= 0.3 is 0 Å². The van der Waals surface area contributed by atoms with Crippen LogP contribution in [0.3, 0.4) is 0 Å². The highest BCUT2D eigenvalue weighted by molar-refractivity contribution is 7.12. The second-order valence-electron chi connectivity index (χ2n) is 5.63. The van der Waals surface area contributed by atoms with Crippen molar-refractivity contribution in [2.24, 2.45) is 0 Å². The molecule has 3 heterocycles. The number of imide groups is 1. The second kappa shape index (κ2) is 5.31. The number of thiophene rings is 1. The Morgan fingerprint density at radius 1 is 1.13 bits per heavy atom. The molecule has 2 aliphatic heterocycles. The van der Waals surface area contributed by atoms with Crippen LogP contribution in [0.25, 0.3) is 0 Å². The number of fused-ring (bicyclic) bond motifs is 2. The topological polar surface area (TPSA) is 57.7 Å². The lowest BCUT2D eigenvalue weighted by atomic mass is 10.1. The van der Waals surface area contributed by atoms with Gasteiger partial charge in [-0.15, -0.1) is 11.3 Å². The average molecular weight is 326 g/mol. The molecule has 1 fully saturated rings. The minimum Gasteiger partial charge on any atom is -0.327 e. The lowest BCUT2D eigenvalue weighted by Crippen LogP contribution is -2.47. The maximum absolute atomic E-state index is 13.0. The minimum atomic E-state index is -0.543. The minimum absolute atomic E-state index is 0.169. The molecule has 0 aliphatic carbocycles. The molecule has 1 saturated heterocycles. The first kappa shape index (κ1) is 14.1. The van der Waals surface area contributed by atoms with E-state index in [0.717, 1.165) is 6.42 Å². The van der Waals surface area contributed by atoms with Crippen molar-refractivity contribution in [3.05, 3.63) is 52.2 Å².